The molecule has 0 aromatic heterocycles. The SMILES string of the molecule is N#CC(F)=CC=CC1CCC(C2CCC(CCCCc3ccc(F)cc3)CC2)CC1. The van der Waals surface area contributed by atoms with Crippen molar-refractivity contribution in [3.8, 4) is 6.07 Å². The number of hydrogen-bond donors (Lipinski definition) is 0. The Bertz CT molecular complexity index is 727. The fourth-order valence-electron chi connectivity index (χ4n) is 5.50. The molecule has 3 rings (SSSR count). The fourth-order valence-corrected chi connectivity index (χ4v) is 5.50. The van der Waals surface area contributed by atoms with E-state index in [1.807, 2.05) is 12.1 Å². The zero-order chi connectivity index (χ0) is 21.2. The number of rotatable bonds is 8. The lowest BCUT2D eigenvalue weighted by molar-refractivity contribution is 0.151. The van der Waals surface area contributed by atoms with E-state index in [-0.39, 0.29) is 5.82 Å². The zero-order valence-electron chi connectivity index (χ0n) is 18.0. The zero-order valence-corrected chi connectivity index (χ0v) is 18.0. The van der Waals surface area contributed by atoms with Crippen molar-refractivity contribution in [2.45, 2.75) is 77.0 Å². The molecule has 0 bridgehead atoms. The van der Waals surface area contributed by atoms with Gasteiger partial charge in [0.05, 0.1) is 0 Å². The van der Waals surface area contributed by atoms with Crippen molar-refractivity contribution in [1.82, 2.24) is 0 Å². The van der Waals surface area contributed by atoms with Crippen LogP contribution in [0, 0.1) is 40.8 Å². The first-order valence-corrected chi connectivity index (χ1v) is 11.8. The number of halogens is 2. The minimum absolute atomic E-state index is 0.149. The standard InChI is InChI=1S/C27H35F2N/c28-26-18-12-22(13-19-26)5-2-1-4-21-8-14-24(15-9-21)25-16-10-23(11-17-25)6-3-7-27(29)20-30/h3,6-7,12-13,18-19,21,23-25H,1-2,4-5,8-11,14-17H2. The highest BCUT2D eigenvalue weighted by molar-refractivity contribution is 5.19. The van der Waals surface area contributed by atoms with Crippen LogP contribution >= 0.6 is 0 Å². The van der Waals surface area contributed by atoms with Crippen molar-refractivity contribution >= 4 is 0 Å². The van der Waals surface area contributed by atoms with Crippen LogP contribution in [0.3, 0.4) is 0 Å². The maximum absolute atomic E-state index is 13.0. The number of nitrogens with zero attached hydrogens (tertiary/aromatic N) is 1. The van der Waals surface area contributed by atoms with Gasteiger partial charge in [0.25, 0.3) is 0 Å². The molecule has 0 radical (unpaired) electrons. The normalized spacial score (nSPS) is 27.8. The lowest BCUT2D eigenvalue weighted by atomic mass is 9.68. The van der Waals surface area contributed by atoms with Gasteiger partial charge in [-0.1, -0.05) is 50.0 Å². The molecule has 0 amide bonds. The maximum Gasteiger partial charge on any atom is 0.199 e. The largest absolute Gasteiger partial charge is 0.207 e. The monoisotopic (exact) mass is 411 g/mol. The molecule has 1 aromatic rings. The molecule has 162 valence electrons. The number of benzene rings is 1. The Hall–Kier alpha value is -1.95. The van der Waals surface area contributed by atoms with Gasteiger partial charge in [-0.2, -0.15) is 9.65 Å². The fraction of sp³-hybridized carbons (Fsp3) is 0.593. The predicted octanol–water partition coefficient (Wildman–Crippen LogP) is 8.08. The Morgan fingerprint density at radius 1 is 0.933 bits per heavy atom. The summed E-state index contributed by atoms with van der Waals surface area (Å²) in [7, 11) is 0. The summed E-state index contributed by atoms with van der Waals surface area (Å²) in [6.07, 6.45) is 20.5. The highest BCUT2D eigenvalue weighted by atomic mass is 19.1. The first kappa shape index (κ1) is 22.7. The lowest BCUT2D eigenvalue weighted by Crippen LogP contribution is -2.25. The molecule has 0 heterocycles. The van der Waals surface area contributed by atoms with E-state index < -0.39 is 5.83 Å². The van der Waals surface area contributed by atoms with Crippen LogP contribution in [0.25, 0.3) is 0 Å². The Labute approximate surface area is 180 Å². The molecule has 1 aromatic carbocycles. The summed E-state index contributed by atoms with van der Waals surface area (Å²) in [4.78, 5) is 0. The Balaban J connectivity index is 1.28. The van der Waals surface area contributed by atoms with Crippen LogP contribution in [0.15, 0.2) is 48.3 Å². The van der Waals surface area contributed by atoms with Gasteiger partial charge in [-0.05, 0) is 98.8 Å². The van der Waals surface area contributed by atoms with E-state index >= 15 is 0 Å². The Kier molecular flexibility index (Phi) is 9.12. The summed E-state index contributed by atoms with van der Waals surface area (Å²) in [6, 6.07) is 8.45. The smallest absolute Gasteiger partial charge is 0.199 e. The van der Waals surface area contributed by atoms with E-state index in [0.29, 0.717) is 5.92 Å². The molecule has 2 aliphatic carbocycles. The summed E-state index contributed by atoms with van der Waals surface area (Å²) in [5.74, 6) is 2.36. The molecule has 0 spiro atoms. The molecule has 2 saturated carbocycles. The van der Waals surface area contributed by atoms with E-state index in [1.165, 1.54) is 88.3 Å². The van der Waals surface area contributed by atoms with Crippen LogP contribution in [0.2, 0.25) is 0 Å². The van der Waals surface area contributed by atoms with Gasteiger partial charge in [0.1, 0.15) is 11.9 Å². The molecule has 0 atom stereocenters. The van der Waals surface area contributed by atoms with Crippen LogP contribution in [0.5, 0.6) is 0 Å². The van der Waals surface area contributed by atoms with Crippen LogP contribution in [0.4, 0.5) is 8.78 Å². The van der Waals surface area contributed by atoms with Gasteiger partial charge < -0.3 is 0 Å². The number of unbranched alkanes of at least 4 members (excludes halogenated alkanes) is 1. The molecule has 3 heteroatoms. The van der Waals surface area contributed by atoms with E-state index in [9.17, 15) is 8.78 Å². The van der Waals surface area contributed by atoms with Crippen LogP contribution < -0.4 is 0 Å². The Morgan fingerprint density at radius 2 is 1.57 bits per heavy atom. The summed E-state index contributed by atoms with van der Waals surface area (Å²) < 4.78 is 25.8. The van der Waals surface area contributed by atoms with Gasteiger partial charge in [0.2, 0.25) is 0 Å². The molecule has 30 heavy (non-hydrogen) atoms. The van der Waals surface area contributed by atoms with Crippen molar-refractivity contribution in [3.05, 3.63) is 59.7 Å². The lowest BCUT2D eigenvalue weighted by Gasteiger charge is -2.37. The second kappa shape index (κ2) is 12.0. The second-order valence-electron chi connectivity index (χ2n) is 9.34. The van der Waals surface area contributed by atoms with Gasteiger partial charge in [-0.15, -0.1) is 0 Å². The molecule has 0 aliphatic heterocycles. The third-order valence-electron chi connectivity index (χ3n) is 7.35. The van der Waals surface area contributed by atoms with E-state index in [0.717, 1.165) is 24.2 Å². The van der Waals surface area contributed by atoms with Gasteiger partial charge >= 0.3 is 0 Å². The summed E-state index contributed by atoms with van der Waals surface area (Å²) in [5.41, 5.74) is 1.25. The van der Waals surface area contributed by atoms with Crippen LogP contribution in [-0.4, -0.2) is 0 Å². The van der Waals surface area contributed by atoms with Crippen molar-refractivity contribution < 1.29 is 8.78 Å². The summed E-state index contributed by atoms with van der Waals surface area (Å²) >= 11 is 0. The maximum atomic E-state index is 13.0. The third kappa shape index (κ3) is 7.38. The minimum Gasteiger partial charge on any atom is -0.207 e. The van der Waals surface area contributed by atoms with Crippen molar-refractivity contribution in [2.75, 3.05) is 0 Å². The van der Waals surface area contributed by atoms with Crippen molar-refractivity contribution in [2.24, 2.45) is 23.7 Å². The second-order valence-corrected chi connectivity index (χ2v) is 9.34. The van der Waals surface area contributed by atoms with Crippen LogP contribution in [0.1, 0.15) is 76.2 Å². The first-order valence-electron chi connectivity index (χ1n) is 11.8. The third-order valence-corrected chi connectivity index (χ3v) is 7.35. The summed E-state index contributed by atoms with van der Waals surface area (Å²) in [6.45, 7) is 0. The van der Waals surface area contributed by atoms with E-state index in [1.54, 1.807) is 18.2 Å². The number of nitriles is 1. The minimum atomic E-state index is -0.716. The average molecular weight is 412 g/mol. The van der Waals surface area contributed by atoms with Gasteiger partial charge in [-0.25, -0.2) is 4.39 Å². The number of allylic oxidation sites excluding steroid dienone is 4. The van der Waals surface area contributed by atoms with E-state index in [2.05, 4.69) is 6.08 Å². The van der Waals surface area contributed by atoms with Gasteiger partial charge in [-0.3, -0.25) is 0 Å². The van der Waals surface area contributed by atoms with Gasteiger partial charge in [0, 0.05) is 0 Å². The number of aryl methyl sites for hydroxylation is 1. The summed E-state index contributed by atoms with van der Waals surface area (Å²) in [5, 5.41) is 8.45. The highest BCUT2D eigenvalue weighted by Crippen LogP contribution is 2.42. The molecule has 0 saturated heterocycles. The Morgan fingerprint density at radius 3 is 2.20 bits per heavy atom. The highest BCUT2D eigenvalue weighted by Gasteiger charge is 2.30. The number of hydrogen-bond acceptors (Lipinski definition) is 1. The molecular formula is C27H35F2N. The van der Waals surface area contributed by atoms with Gasteiger partial charge in [0.15, 0.2) is 5.83 Å². The average Bonchev–Trinajstić information content (AvgIpc) is 2.79. The van der Waals surface area contributed by atoms with Crippen molar-refractivity contribution in [3.63, 3.8) is 0 Å². The van der Waals surface area contributed by atoms with Crippen LogP contribution in [-0.2, 0) is 6.42 Å². The molecular weight excluding hydrogens is 376 g/mol. The molecule has 0 unspecified atom stereocenters. The topological polar surface area (TPSA) is 23.8 Å². The molecule has 2 fully saturated rings. The van der Waals surface area contributed by atoms with Crippen molar-refractivity contribution in [1.29, 1.82) is 5.26 Å². The van der Waals surface area contributed by atoms with E-state index in [4.69, 9.17) is 5.26 Å². The molecule has 2 aliphatic rings. The quantitative estimate of drug-likeness (QED) is 0.241. The predicted molar refractivity (Wildman–Crippen MR) is 119 cm³/mol. The molecule has 1 nitrogen and oxygen atoms in total. The first-order chi connectivity index (χ1) is 14.6. The molecule has 0 N–H and O–H groups in total.